The van der Waals surface area contributed by atoms with Crippen molar-refractivity contribution < 1.29 is 17.9 Å². The number of ether oxygens (including phenoxy) is 1. The Kier molecular flexibility index (Phi) is 3.96. The zero-order valence-electron chi connectivity index (χ0n) is 11.5. The number of rotatable bonds is 3. The topological polar surface area (TPSA) is 39.9 Å². The van der Waals surface area contributed by atoms with E-state index in [0.717, 1.165) is 17.8 Å². The largest absolute Gasteiger partial charge is 0.439 e. The summed E-state index contributed by atoms with van der Waals surface area (Å²) in [5, 5.41) is 3.43. The highest BCUT2D eigenvalue weighted by Crippen LogP contribution is 2.35. The van der Waals surface area contributed by atoms with Crippen LogP contribution in [0.5, 0.6) is 11.6 Å². The van der Waals surface area contributed by atoms with Gasteiger partial charge in [-0.15, -0.1) is 0 Å². The molecule has 0 aliphatic heterocycles. The zero-order chi connectivity index (χ0) is 16.4. The standard InChI is InChI=1S/C15H9ClF3N3O/c16-14-12(15(17,18)19)6-7-13(21-14)23-11-4-2-10(3-5-11)22-9-1-8-20-22/h1-9H. The van der Waals surface area contributed by atoms with Gasteiger partial charge in [0.25, 0.3) is 0 Å². The average molecular weight is 340 g/mol. The van der Waals surface area contributed by atoms with Gasteiger partial charge in [0.2, 0.25) is 5.88 Å². The summed E-state index contributed by atoms with van der Waals surface area (Å²) < 4.78 is 44.9. The molecule has 0 spiro atoms. The van der Waals surface area contributed by atoms with Crippen molar-refractivity contribution in [3.05, 3.63) is 65.6 Å². The Bertz CT molecular complexity index is 802. The lowest BCUT2D eigenvalue weighted by Gasteiger charge is -2.10. The highest BCUT2D eigenvalue weighted by Gasteiger charge is 2.34. The van der Waals surface area contributed by atoms with Crippen molar-refractivity contribution in [3.8, 4) is 17.3 Å². The fourth-order valence-corrected chi connectivity index (χ4v) is 2.15. The molecule has 0 saturated heterocycles. The van der Waals surface area contributed by atoms with Crippen molar-refractivity contribution in [3.63, 3.8) is 0 Å². The number of pyridine rings is 1. The van der Waals surface area contributed by atoms with Crippen molar-refractivity contribution in [1.82, 2.24) is 14.8 Å². The van der Waals surface area contributed by atoms with Crippen molar-refractivity contribution in [2.75, 3.05) is 0 Å². The molecule has 0 unspecified atom stereocenters. The van der Waals surface area contributed by atoms with Crippen LogP contribution in [-0.4, -0.2) is 14.8 Å². The van der Waals surface area contributed by atoms with Gasteiger partial charge in [-0.25, -0.2) is 9.67 Å². The molecule has 0 N–H and O–H groups in total. The summed E-state index contributed by atoms with van der Waals surface area (Å²) in [5.74, 6) is 0.402. The van der Waals surface area contributed by atoms with Crippen LogP contribution in [0.15, 0.2) is 54.9 Å². The Hall–Kier alpha value is -2.54. The van der Waals surface area contributed by atoms with E-state index in [2.05, 4.69) is 10.1 Å². The number of benzene rings is 1. The van der Waals surface area contributed by atoms with Crippen molar-refractivity contribution in [1.29, 1.82) is 0 Å². The molecular weight excluding hydrogens is 331 g/mol. The molecule has 1 aromatic carbocycles. The summed E-state index contributed by atoms with van der Waals surface area (Å²) in [4.78, 5) is 3.61. The van der Waals surface area contributed by atoms with Crippen molar-refractivity contribution in [2.24, 2.45) is 0 Å². The third-order valence-electron chi connectivity index (χ3n) is 2.96. The first-order chi connectivity index (χ1) is 10.9. The van der Waals surface area contributed by atoms with Gasteiger partial charge in [0, 0.05) is 18.5 Å². The van der Waals surface area contributed by atoms with E-state index in [1.807, 2.05) is 0 Å². The summed E-state index contributed by atoms with van der Waals surface area (Å²) >= 11 is 5.55. The highest BCUT2D eigenvalue weighted by molar-refractivity contribution is 6.30. The average Bonchev–Trinajstić information content (AvgIpc) is 3.01. The molecule has 0 bridgehead atoms. The molecule has 3 rings (SSSR count). The van der Waals surface area contributed by atoms with Crippen LogP contribution in [0.2, 0.25) is 5.15 Å². The van der Waals surface area contributed by atoms with Gasteiger partial charge in [0.15, 0.2) is 0 Å². The van der Waals surface area contributed by atoms with E-state index in [9.17, 15) is 13.2 Å². The van der Waals surface area contributed by atoms with E-state index >= 15 is 0 Å². The van der Waals surface area contributed by atoms with Crippen LogP contribution < -0.4 is 4.74 Å². The maximum absolute atomic E-state index is 12.6. The monoisotopic (exact) mass is 339 g/mol. The molecule has 0 aliphatic rings. The Labute approximate surface area is 134 Å². The molecule has 0 radical (unpaired) electrons. The number of alkyl halides is 3. The van der Waals surface area contributed by atoms with Crippen LogP contribution in [0.4, 0.5) is 13.2 Å². The van der Waals surface area contributed by atoms with Crippen LogP contribution >= 0.6 is 11.6 Å². The lowest BCUT2D eigenvalue weighted by Crippen LogP contribution is -2.07. The maximum atomic E-state index is 12.6. The Morgan fingerprint density at radius 3 is 2.35 bits per heavy atom. The smallest absolute Gasteiger partial charge is 0.419 e. The molecule has 4 nitrogen and oxygen atoms in total. The molecule has 0 fully saturated rings. The summed E-state index contributed by atoms with van der Waals surface area (Å²) in [6, 6.07) is 10.6. The first-order valence-electron chi connectivity index (χ1n) is 6.45. The maximum Gasteiger partial charge on any atom is 0.419 e. The second kappa shape index (κ2) is 5.92. The van der Waals surface area contributed by atoms with Crippen molar-refractivity contribution >= 4 is 11.6 Å². The van der Waals surface area contributed by atoms with Crippen LogP contribution in [0, 0.1) is 0 Å². The Morgan fingerprint density at radius 1 is 1.04 bits per heavy atom. The van der Waals surface area contributed by atoms with Gasteiger partial charge in [-0.05, 0) is 36.4 Å². The quantitative estimate of drug-likeness (QED) is 0.647. The molecule has 23 heavy (non-hydrogen) atoms. The van der Waals surface area contributed by atoms with E-state index in [1.54, 1.807) is 47.4 Å². The fourth-order valence-electron chi connectivity index (χ4n) is 1.90. The first kappa shape index (κ1) is 15.4. The number of nitrogens with zero attached hydrogens (tertiary/aromatic N) is 3. The first-order valence-corrected chi connectivity index (χ1v) is 6.83. The number of halogens is 4. The highest BCUT2D eigenvalue weighted by atomic mass is 35.5. The fraction of sp³-hybridized carbons (Fsp3) is 0.0667. The van der Waals surface area contributed by atoms with Gasteiger partial charge in [-0.2, -0.15) is 18.3 Å². The second-order valence-electron chi connectivity index (χ2n) is 4.53. The minimum absolute atomic E-state index is 0.0187. The summed E-state index contributed by atoms with van der Waals surface area (Å²) in [6.07, 6.45) is -1.11. The summed E-state index contributed by atoms with van der Waals surface area (Å²) in [6.45, 7) is 0. The molecule has 0 amide bonds. The lowest BCUT2D eigenvalue weighted by molar-refractivity contribution is -0.137. The number of hydrogen-bond donors (Lipinski definition) is 0. The second-order valence-corrected chi connectivity index (χ2v) is 4.89. The zero-order valence-corrected chi connectivity index (χ0v) is 12.2. The van der Waals surface area contributed by atoms with Crippen LogP contribution in [0.25, 0.3) is 5.69 Å². The van der Waals surface area contributed by atoms with Gasteiger partial charge in [-0.3, -0.25) is 0 Å². The van der Waals surface area contributed by atoms with Gasteiger partial charge in [0.1, 0.15) is 10.9 Å². The van der Waals surface area contributed by atoms with Crippen molar-refractivity contribution in [2.45, 2.75) is 6.18 Å². The summed E-state index contributed by atoms with van der Waals surface area (Å²) in [7, 11) is 0. The van der Waals surface area contributed by atoms with Crippen LogP contribution in [0.3, 0.4) is 0 Å². The minimum Gasteiger partial charge on any atom is -0.439 e. The van der Waals surface area contributed by atoms with Gasteiger partial charge < -0.3 is 4.74 Å². The summed E-state index contributed by atoms with van der Waals surface area (Å²) in [5.41, 5.74) is -0.179. The molecule has 2 heterocycles. The third-order valence-corrected chi connectivity index (χ3v) is 3.24. The molecule has 3 aromatic rings. The van der Waals surface area contributed by atoms with Gasteiger partial charge >= 0.3 is 6.18 Å². The molecule has 8 heteroatoms. The van der Waals surface area contributed by atoms with E-state index in [4.69, 9.17) is 16.3 Å². The SMILES string of the molecule is FC(F)(F)c1ccc(Oc2ccc(-n3cccn3)cc2)nc1Cl. The predicted octanol–water partition coefficient (Wildman–Crippen LogP) is 4.73. The molecule has 118 valence electrons. The molecular formula is C15H9ClF3N3O. The molecule has 0 saturated carbocycles. The molecule has 2 aromatic heterocycles. The predicted molar refractivity (Wildman–Crippen MR) is 77.9 cm³/mol. The number of aromatic nitrogens is 3. The van der Waals surface area contributed by atoms with Crippen LogP contribution in [0.1, 0.15) is 5.56 Å². The normalized spacial score (nSPS) is 11.5. The van der Waals surface area contributed by atoms with E-state index in [0.29, 0.717) is 5.75 Å². The Morgan fingerprint density at radius 2 is 1.78 bits per heavy atom. The minimum atomic E-state index is -4.55. The van der Waals surface area contributed by atoms with E-state index in [1.165, 1.54) is 0 Å². The Balaban J connectivity index is 1.78. The van der Waals surface area contributed by atoms with Gasteiger partial charge in [0.05, 0.1) is 11.3 Å². The number of hydrogen-bond acceptors (Lipinski definition) is 3. The van der Waals surface area contributed by atoms with Gasteiger partial charge in [-0.1, -0.05) is 11.6 Å². The molecule has 0 aliphatic carbocycles. The van der Waals surface area contributed by atoms with Crippen LogP contribution in [-0.2, 0) is 6.18 Å². The van der Waals surface area contributed by atoms with E-state index < -0.39 is 16.9 Å². The third kappa shape index (κ3) is 3.45. The molecule has 0 atom stereocenters. The lowest BCUT2D eigenvalue weighted by atomic mass is 10.3. The van der Waals surface area contributed by atoms with E-state index in [-0.39, 0.29) is 5.88 Å².